The standard InChI is InChI=1S/C23H24ClN3O/c1-2-18-11-6-7-15-26(18)21(28)14-13-19-22(17-9-4-3-5-10-17)25-27-16-8-12-20(24)23(19)27/h3-5,8-10,12-14,16,18H,2,6-7,11,15H2,1H3/b14-13+. The number of likely N-dealkylation sites (tertiary alicyclic amines) is 1. The largest absolute Gasteiger partial charge is 0.336 e. The van der Waals surface area contributed by atoms with Crippen LogP contribution in [0.4, 0.5) is 0 Å². The van der Waals surface area contributed by atoms with Gasteiger partial charge in [0.15, 0.2) is 0 Å². The Bertz CT molecular complexity index is 1010. The molecule has 0 N–H and O–H groups in total. The van der Waals surface area contributed by atoms with Crippen LogP contribution in [0.3, 0.4) is 0 Å². The summed E-state index contributed by atoms with van der Waals surface area (Å²) >= 11 is 6.48. The van der Waals surface area contributed by atoms with Gasteiger partial charge in [-0.25, -0.2) is 4.52 Å². The molecule has 3 heterocycles. The Balaban J connectivity index is 1.75. The third-order valence-electron chi connectivity index (χ3n) is 5.46. The van der Waals surface area contributed by atoms with Gasteiger partial charge in [0.2, 0.25) is 5.91 Å². The van der Waals surface area contributed by atoms with E-state index in [0.29, 0.717) is 11.1 Å². The van der Waals surface area contributed by atoms with E-state index >= 15 is 0 Å². The topological polar surface area (TPSA) is 37.6 Å². The molecule has 1 aliphatic heterocycles. The Labute approximate surface area is 170 Å². The number of benzene rings is 1. The van der Waals surface area contributed by atoms with Crippen molar-refractivity contribution in [2.75, 3.05) is 6.54 Å². The van der Waals surface area contributed by atoms with Gasteiger partial charge in [-0.1, -0.05) is 48.9 Å². The lowest BCUT2D eigenvalue weighted by Gasteiger charge is -2.34. The zero-order valence-corrected chi connectivity index (χ0v) is 16.8. The highest BCUT2D eigenvalue weighted by Gasteiger charge is 2.24. The average Bonchev–Trinajstić information content (AvgIpc) is 3.12. The molecule has 0 spiro atoms. The first-order valence-corrected chi connectivity index (χ1v) is 10.3. The molecular weight excluding hydrogens is 370 g/mol. The van der Waals surface area contributed by atoms with E-state index in [1.165, 1.54) is 6.42 Å². The SMILES string of the molecule is CCC1CCCCN1C(=O)/C=C/c1c(-c2ccccc2)nn2cccc(Cl)c12. The lowest BCUT2D eigenvalue weighted by atomic mass is 10.00. The molecular formula is C23H24ClN3O. The van der Waals surface area contributed by atoms with Gasteiger partial charge in [0.1, 0.15) is 5.69 Å². The summed E-state index contributed by atoms with van der Waals surface area (Å²) in [6.07, 6.45) is 9.80. The molecule has 1 aliphatic rings. The number of carbonyl (C=O) groups is 1. The van der Waals surface area contributed by atoms with Crippen molar-refractivity contribution in [1.82, 2.24) is 14.5 Å². The first-order chi connectivity index (χ1) is 13.7. The minimum atomic E-state index is 0.0666. The number of hydrogen-bond donors (Lipinski definition) is 0. The Hall–Kier alpha value is -2.59. The van der Waals surface area contributed by atoms with E-state index in [1.54, 1.807) is 10.6 Å². The van der Waals surface area contributed by atoms with Gasteiger partial charge in [0, 0.05) is 36.0 Å². The van der Waals surface area contributed by atoms with Gasteiger partial charge in [0.05, 0.1) is 10.5 Å². The Morgan fingerprint density at radius 1 is 1.21 bits per heavy atom. The molecule has 144 valence electrons. The highest BCUT2D eigenvalue weighted by molar-refractivity contribution is 6.34. The van der Waals surface area contributed by atoms with Gasteiger partial charge < -0.3 is 4.90 Å². The van der Waals surface area contributed by atoms with Crippen molar-refractivity contribution in [3.63, 3.8) is 0 Å². The van der Waals surface area contributed by atoms with Crippen LogP contribution in [0.2, 0.25) is 5.02 Å². The van der Waals surface area contributed by atoms with Gasteiger partial charge in [-0.15, -0.1) is 0 Å². The zero-order chi connectivity index (χ0) is 19.5. The minimum Gasteiger partial charge on any atom is -0.336 e. The molecule has 1 aromatic carbocycles. The summed E-state index contributed by atoms with van der Waals surface area (Å²) in [4.78, 5) is 14.9. The number of pyridine rings is 1. The van der Waals surface area contributed by atoms with Crippen molar-refractivity contribution < 1.29 is 4.79 Å². The lowest BCUT2D eigenvalue weighted by Crippen LogP contribution is -2.42. The minimum absolute atomic E-state index is 0.0666. The van der Waals surface area contributed by atoms with E-state index in [2.05, 4.69) is 6.92 Å². The molecule has 1 amide bonds. The van der Waals surface area contributed by atoms with Gasteiger partial charge >= 0.3 is 0 Å². The number of rotatable bonds is 4. The third-order valence-corrected chi connectivity index (χ3v) is 5.77. The van der Waals surface area contributed by atoms with E-state index in [-0.39, 0.29) is 5.91 Å². The van der Waals surface area contributed by atoms with Gasteiger partial charge in [-0.2, -0.15) is 5.10 Å². The summed E-state index contributed by atoms with van der Waals surface area (Å²) in [5.41, 5.74) is 3.51. The van der Waals surface area contributed by atoms with E-state index in [9.17, 15) is 4.79 Å². The summed E-state index contributed by atoms with van der Waals surface area (Å²) in [6, 6.07) is 14.1. The van der Waals surface area contributed by atoms with Crippen molar-refractivity contribution in [3.8, 4) is 11.3 Å². The fraction of sp³-hybridized carbons (Fsp3) is 0.304. The smallest absolute Gasteiger partial charge is 0.246 e. The van der Waals surface area contributed by atoms with Crippen molar-refractivity contribution in [1.29, 1.82) is 0 Å². The number of amides is 1. The fourth-order valence-electron chi connectivity index (χ4n) is 4.01. The highest BCUT2D eigenvalue weighted by Crippen LogP contribution is 2.31. The van der Waals surface area contributed by atoms with Crippen LogP contribution in [0.25, 0.3) is 22.9 Å². The summed E-state index contributed by atoms with van der Waals surface area (Å²) in [5.74, 6) is 0.0666. The predicted molar refractivity (Wildman–Crippen MR) is 114 cm³/mol. The summed E-state index contributed by atoms with van der Waals surface area (Å²) in [6.45, 7) is 2.99. The molecule has 4 rings (SSSR count). The Morgan fingerprint density at radius 3 is 2.82 bits per heavy atom. The van der Waals surface area contributed by atoms with Crippen molar-refractivity contribution >= 4 is 29.1 Å². The Kier molecular flexibility index (Phi) is 5.49. The average molecular weight is 394 g/mol. The Morgan fingerprint density at radius 2 is 2.04 bits per heavy atom. The van der Waals surface area contributed by atoms with E-state index in [0.717, 1.165) is 48.1 Å². The molecule has 28 heavy (non-hydrogen) atoms. The number of carbonyl (C=O) groups excluding carboxylic acids is 1. The number of nitrogens with zero attached hydrogens (tertiary/aromatic N) is 3. The summed E-state index contributed by atoms with van der Waals surface area (Å²) in [7, 11) is 0. The van der Waals surface area contributed by atoms with Crippen molar-refractivity contribution in [2.24, 2.45) is 0 Å². The van der Waals surface area contributed by atoms with Gasteiger partial charge in [-0.05, 0) is 43.9 Å². The third kappa shape index (κ3) is 3.57. The molecule has 1 unspecified atom stereocenters. The van der Waals surface area contributed by atoms with Crippen molar-refractivity contribution in [2.45, 2.75) is 38.6 Å². The van der Waals surface area contributed by atoms with Crippen LogP contribution in [0.1, 0.15) is 38.2 Å². The molecule has 1 saturated heterocycles. The maximum absolute atomic E-state index is 12.9. The number of halogens is 1. The van der Waals surface area contributed by atoms with Crippen LogP contribution in [-0.4, -0.2) is 33.0 Å². The van der Waals surface area contributed by atoms with Crippen LogP contribution < -0.4 is 0 Å². The molecule has 0 radical (unpaired) electrons. The first-order valence-electron chi connectivity index (χ1n) is 9.90. The predicted octanol–water partition coefficient (Wildman–Crippen LogP) is 5.46. The normalized spacial score (nSPS) is 17.5. The number of piperidine rings is 1. The zero-order valence-electron chi connectivity index (χ0n) is 16.0. The molecule has 2 aromatic heterocycles. The van der Waals surface area contributed by atoms with Gasteiger partial charge in [-0.3, -0.25) is 4.79 Å². The lowest BCUT2D eigenvalue weighted by molar-refractivity contribution is -0.129. The number of fused-ring (bicyclic) bond motifs is 1. The fourth-order valence-corrected chi connectivity index (χ4v) is 4.27. The second-order valence-electron chi connectivity index (χ2n) is 7.20. The van der Waals surface area contributed by atoms with E-state index in [4.69, 9.17) is 16.7 Å². The molecule has 1 fully saturated rings. The van der Waals surface area contributed by atoms with Crippen molar-refractivity contribution in [3.05, 3.63) is 65.3 Å². The van der Waals surface area contributed by atoms with E-state index in [1.807, 2.05) is 59.6 Å². The molecule has 0 aliphatic carbocycles. The molecule has 1 atom stereocenters. The molecule has 0 bridgehead atoms. The molecule has 0 saturated carbocycles. The van der Waals surface area contributed by atoms with Crippen LogP contribution in [0.15, 0.2) is 54.7 Å². The second-order valence-corrected chi connectivity index (χ2v) is 7.61. The molecule has 4 nitrogen and oxygen atoms in total. The quantitative estimate of drug-likeness (QED) is 0.552. The van der Waals surface area contributed by atoms with E-state index < -0.39 is 0 Å². The summed E-state index contributed by atoms with van der Waals surface area (Å²) < 4.78 is 1.78. The number of aromatic nitrogens is 2. The van der Waals surface area contributed by atoms with Crippen LogP contribution in [0, 0.1) is 0 Å². The maximum Gasteiger partial charge on any atom is 0.246 e. The number of hydrogen-bond acceptors (Lipinski definition) is 2. The van der Waals surface area contributed by atoms with Crippen LogP contribution in [-0.2, 0) is 4.79 Å². The second kappa shape index (κ2) is 8.19. The van der Waals surface area contributed by atoms with Crippen LogP contribution in [0.5, 0.6) is 0 Å². The monoisotopic (exact) mass is 393 g/mol. The van der Waals surface area contributed by atoms with Crippen LogP contribution >= 0.6 is 11.6 Å². The highest BCUT2D eigenvalue weighted by atomic mass is 35.5. The van der Waals surface area contributed by atoms with Gasteiger partial charge in [0.25, 0.3) is 0 Å². The molecule has 3 aromatic rings. The molecule has 5 heteroatoms. The first kappa shape index (κ1) is 18.8. The maximum atomic E-state index is 12.9. The summed E-state index contributed by atoms with van der Waals surface area (Å²) in [5, 5.41) is 5.34.